The number of carbonyl (C=O) groups excluding carboxylic acids is 1. The summed E-state index contributed by atoms with van der Waals surface area (Å²) >= 11 is 5.97. The number of benzene rings is 3. The molecule has 1 heterocycles. The van der Waals surface area contributed by atoms with Crippen molar-refractivity contribution in [3.8, 4) is 22.6 Å². The molecule has 8 heteroatoms. The zero-order chi connectivity index (χ0) is 24.8. The van der Waals surface area contributed by atoms with Crippen LogP contribution >= 0.6 is 11.6 Å². The minimum Gasteiger partial charge on any atom is -0.508 e. The number of carbonyl (C=O) groups is 1. The molecule has 0 atom stereocenters. The largest absolute Gasteiger partial charge is 0.508 e. The monoisotopic (exact) mass is 490 g/mol. The second-order valence-corrected chi connectivity index (χ2v) is 8.72. The van der Waals surface area contributed by atoms with Gasteiger partial charge in [0.2, 0.25) is 5.76 Å². The summed E-state index contributed by atoms with van der Waals surface area (Å²) in [5.74, 6) is 0.282. The van der Waals surface area contributed by atoms with Gasteiger partial charge in [-0.15, -0.1) is 0 Å². The molecule has 3 aromatic rings. The second-order valence-electron chi connectivity index (χ2n) is 8.28. The van der Waals surface area contributed by atoms with Crippen LogP contribution in [0.25, 0.3) is 11.1 Å². The minimum absolute atomic E-state index is 0.0527. The van der Waals surface area contributed by atoms with Crippen LogP contribution in [0.15, 0.2) is 84.3 Å². The summed E-state index contributed by atoms with van der Waals surface area (Å²) in [4.78, 5) is 17.5. The molecule has 0 aliphatic carbocycles. The Kier molecular flexibility index (Phi) is 7.70. The number of ether oxygens (including phenoxy) is 1. The molecule has 1 saturated heterocycles. The lowest BCUT2D eigenvalue weighted by molar-refractivity contribution is -0.115. The molecular weight excluding hydrogens is 464 g/mol. The van der Waals surface area contributed by atoms with Gasteiger partial charge in [-0.1, -0.05) is 35.9 Å². The molecule has 1 fully saturated rings. The lowest BCUT2D eigenvalue weighted by Crippen LogP contribution is -2.45. The first-order valence-corrected chi connectivity index (χ1v) is 11.6. The molecule has 0 spiro atoms. The Bertz CT molecular complexity index is 1200. The number of allylic oxidation sites excluding steroid dienone is 1. The number of phenols is 1. The van der Waals surface area contributed by atoms with E-state index in [9.17, 15) is 9.90 Å². The number of anilines is 1. The van der Waals surface area contributed by atoms with E-state index < -0.39 is 5.91 Å². The highest BCUT2D eigenvalue weighted by atomic mass is 35.5. The first-order chi connectivity index (χ1) is 16.9. The van der Waals surface area contributed by atoms with E-state index in [1.807, 2.05) is 36.2 Å². The van der Waals surface area contributed by atoms with Gasteiger partial charge < -0.3 is 30.4 Å². The highest BCUT2D eigenvalue weighted by Gasteiger charge is 2.24. The molecule has 1 amide bonds. The average molecular weight is 491 g/mol. The minimum atomic E-state index is -0.452. The molecule has 0 radical (unpaired) electrons. The van der Waals surface area contributed by atoms with E-state index in [1.165, 1.54) is 6.21 Å². The second kappa shape index (κ2) is 11.1. The van der Waals surface area contributed by atoms with Crippen molar-refractivity contribution in [2.24, 2.45) is 0 Å². The zero-order valence-corrected chi connectivity index (χ0v) is 20.1. The molecule has 1 aliphatic heterocycles. The molecular formula is C27H27ClN4O3. The first kappa shape index (κ1) is 24.3. The SMILES string of the molecule is CN1CCN(/C(C=N)=C(\Oc2ccc(-c3ccc(O)cc3)cc2)C(=O)Nc2ccc(Cl)cc2)CC1. The van der Waals surface area contributed by atoms with Crippen molar-refractivity contribution in [1.82, 2.24) is 9.80 Å². The van der Waals surface area contributed by atoms with Gasteiger partial charge in [0.15, 0.2) is 0 Å². The highest BCUT2D eigenvalue weighted by Crippen LogP contribution is 2.26. The smallest absolute Gasteiger partial charge is 0.293 e. The highest BCUT2D eigenvalue weighted by molar-refractivity contribution is 6.30. The quantitative estimate of drug-likeness (QED) is 0.250. The summed E-state index contributed by atoms with van der Waals surface area (Å²) in [6.45, 7) is 3.01. The number of likely N-dealkylation sites (N-methyl/N-ethyl adjacent to an activating group) is 1. The van der Waals surface area contributed by atoms with Gasteiger partial charge in [0, 0.05) is 43.1 Å². The van der Waals surface area contributed by atoms with Crippen molar-refractivity contribution in [3.63, 3.8) is 0 Å². The molecule has 0 saturated carbocycles. The topological polar surface area (TPSA) is 88.9 Å². The van der Waals surface area contributed by atoms with Gasteiger partial charge in [-0.25, -0.2) is 0 Å². The number of nitrogens with zero attached hydrogens (tertiary/aromatic N) is 2. The molecule has 4 rings (SSSR count). The third-order valence-corrected chi connectivity index (χ3v) is 6.05. The molecule has 3 N–H and O–H groups in total. The van der Waals surface area contributed by atoms with Gasteiger partial charge in [-0.2, -0.15) is 0 Å². The number of aromatic hydroxyl groups is 1. The fourth-order valence-electron chi connectivity index (χ4n) is 3.77. The first-order valence-electron chi connectivity index (χ1n) is 11.3. The van der Waals surface area contributed by atoms with Crippen LogP contribution in [0.5, 0.6) is 11.5 Å². The van der Waals surface area contributed by atoms with Crippen molar-refractivity contribution in [3.05, 3.63) is 89.3 Å². The van der Waals surface area contributed by atoms with E-state index in [4.69, 9.17) is 21.7 Å². The lowest BCUT2D eigenvalue weighted by Gasteiger charge is -2.34. The number of hydrogen-bond donors (Lipinski definition) is 3. The van der Waals surface area contributed by atoms with Crippen LogP contribution in [-0.2, 0) is 4.79 Å². The number of piperazine rings is 1. The van der Waals surface area contributed by atoms with Crippen LogP contribution < -0.4 is 10.1 Å². The predicted octanol–water partition coefficient (Wildman–Crippen LogP) is 4.84. The van der Waals surface area contributed by atoms with Crippen LogP contribution in [0.4, 0.5) is 5.69 Å². The van der Waals surface area contributed by atoms with Gasteiger partial charge in [-0.05, 0) is 66.7 Å². The lowest BCUT2D eigenvalue weighted by atomic mass is 10.1. The molecule has 0 aromatic heterocycles. The fraction of sp³-hybridized carbons (Fsp3) is 0.185. The van der Waals surface area contributed by atoms with Crippen LogP contribution in [0, 0.1) is 5.41 Å². The predicted molar refractivity (Wildman–Crippen MR) is 139 cm³/mol. The Morgan fingerprint density at radius 1 is 0.943 bits per heavy atom. The summed E-state index contributed by atoms with van der Waals surface area (Å²) in [5, 5.41) is 21.0. The van der Waals surface area contributed by atoms with Gasteiger partial charge in [0.05, 0.1) is 0 Å². The summed E-state index contributed by atoms with van der Waals surface area (Å²) in [6, 6.07) is 21.1. The summed E-state index contributed by atoms with van der Waals surface area (Å²) < 4.78 is 6.11. The van der Waals surface area contributed by atoms with Gasteiger partial charge >= 0.3 is 0 Å². The van der Waals surface area contributed by atoms with Gasteiger partial charge in [0.1, 0.15) is 17.2 Å². The van der Waals surface area contributed by atoms with Gasteiger partial charge in [0.25, 0.3) is 5.91 Å². The Morgan fingerprint density at radius 3 is 2.09 bits per heavy atom. The Balaban J connectivity index is 1.62. The van der Waals surface area contributed by atoms with E-state index in [1.54, 1.807) is 48.5 Å². The summed E-state index contributed by atoms with van der Waals surface area (Å²) in [7, 11) is 2.05. The molecule has 0 unspecified atom stereocenters. The summed E-state index contributed by atoms with van der Waals surface area (Å²) in [6.07, 6.45) is 1.17. The fourth-order valence-corrected chi connectivity index (χ4v) is 3.90. The van der Waals surface area contributed by atoms with Crippen molar-refractivity contribution < 1.29 is 14.6 Å². The number of nitrogens with one attached hydrogen (secondary N) is 2. The maximum atomic E-state index is 13.3. The van der Waals surface area contributed by atoms with E-state index in [0.29, 0.717) is 35.2 Å². The normalized spacial score (nSPS) is 14.7. The number of phenolic OH excluding ortho intramolecular Hbond substituents is 1. The van der Waals surface area contributed by atoms with E-state index in [-0.39, 0.29) is 11.5 Å². The Labute approximate surface area is 209 Å². The number of amides is 1. The van der Waals surface area contributed by atoms with Gasteiger partial charge in [-0.3, -0.25) is 4.79 Å². The average Bonchev–Trinajstić information content (AvgIpc) is 2.87. The number of rotatable bonds is 7. The maximum Gasteiger partial charge on any atom is 0.293 e. The van der Waals surface area contributed by atoms with Crippen LogP contribution in [-0.4, -0.2) is 60.3 Å². The molecule has 3 aromatic carbocycles. The molecule has 180 valence electrons. The molecule has 35 heavy (non-hydrogen) atoms. The number of hydrogen-bond acceptors (Lipinski definition) is 6. The van der Waals surface area contributed by atoms with Crippen LogP contribution in [0.2, 0.25) is 5.02 Å². The van der Waals surface area contributed by atoms with E-state index in [0.717, 1.165) is 24.2 Å². The van der Waals surface area contributed by atoms with Crippen LogP contribution in [0.1, 0.15) is 0 Å². The third-order valence-electron chi connectivity index (χ3n) is 5.80. The molecule has 0 bridgehead atoms. The Morgan fingerprint density at radius 2 is 1.51 bits per heavy atom. The third kappa shape index (κ3) is 6.20. The van der Waals surface area contributed by atoms with Crippen molar-refractivity contribution >= 4 is 29.4 Å². The van der Waals surface area contributed by atoms with Crippen molar-refractivity contribution in [1.29, 1.82) is 5.41 Å². The van der Waals surface area contributed by atoms with Crippen LogP contribution in [0.3, 0.4) is 0 Å². The number of halogens is 1. The van der Waals surface area contributed by atoms with E-state index >= 15 is 0 Å². The standard InChI is InChI=1S/C27H27ClN4O3/c1-31-14-16-32(17-15-31)25(18-29)26(27(34)30-22-8-6-21(28)7-9-22)35-24-12-4-20(5-13-24)19-2-10-23(33)11-3-19/h2-13,18,29,33H,14-17H2,1H3,(H,30,34)/b26-25-,29-18?. The van der Waals surface area contributed by atoms with Crippen molar-refractivity contribution in [2.45, 2.75) is 0 Å². The zero-order valence-electron chi connectivity index (χ0n) is 19.4. The summed E-state index contributed by atoms with van der Waals surface area (Å²) in [5.41, 5.74) is 2.89. The van der Waals surface area contributed by atoms with Crippen molar-refractivity contribution in [2.75, 3.05) is 38.5 Å². The molecule has 1 aliphatic rings. The molecule has 7 nitrogen and oxygen atoms in total. The maximum absolute atomic E-state index is 13.3. The Hall–Kier alpha value is -3.81. The van der Waals surface area contributed by atoms with E-state index in [2.05, 4.69) is 10.2 Å².